The minimum atomic E-state index is -0.398. The van der Waals surface area contributed by atoms with Gasteiger partial charge in [0.25, 0.3) is 11.8 Å². The highest BCUT2D eigenvalue weighted by Gasteiger charge is 2.28. The van der Waals surface area contributed by atoms with Gasteiger partial charge < -0.3 is 9.73 Å². The molecule has 0 bridgehead atoms. The van der Waals surface area contributed by atoms with Crippen molar-refractivity contribution >= 4 is 34.9 Å². The molecule has 0 fully saturated rings. The number of hydrogen-bond acceptors (Lipinski definition) is 5. The van der Waals surface area contributed by atoms with E-state index in [1.807, 2.05) is 26.0 Å². The number of carbonyl (C=O) groups excluding carboxylic acids is 2. The van der Waals surface area contributed by atoms with Crippen LogP contribution in [0, 0.1) is 13.8 Å². The smallest absolute Gasteiger partial charge is 0.292 e. The Hall–Kier alpha value is -3.45. The van der Waals surface area contributed by atoms with Gasteiger partial charge in [0, 0.05) is 29.3 Å². The summed E-state index contributed by atoms with van der Waals surface area (Å²) in [5, 5.41) is 7.55. The minimum Gasteiger partial charge on any atom is -0.455 e. The summed E-state index contributed by atoms with van der Waals surface area (Å²) in [4.78, 5) is 29.2. The first-order chi connectivity index (χ1) is 14.9. The van der Waals surface area contributed by atoms with Crippen molar-refractivity contribution in [3.63, 3.8) is 0 Å². The van der Waals surface area contributed by atoms with Gasteiger partial charge in [0.2, 0.25) is 0 Å². The van der Waals surface area contributed by atoms with Gasteiger partial charge in [-0.05, 0) is 51.0 Å². The number of hydrazone groups is 1. The number of nitrogens with one attached hydrogen (secondary N) is 2. The number of amides is 2. The number of fused-ring (bicyclic) bond motifs is 1. The Morgan fingerprint density at radius 3 is 2.55 bits per heavy atom. The number of halogens is 1. The molecule has 2 aromatic heterocycles. The van der Waals surface area contributed by atoms with Crippen molar-refractivity contribution in [3.05, 3.63) is 81.4 Å². The number of aryl methyl sites for hydroxylation is 2. The Labute approximate surface area is 184 Å². The lowest BCUT2D eigenvalue weighted by Gasteiger charge is -2.13. The molecule has 0 aliphatic heterocycles. The van der Waals surface area contributed by atoms with Gasteiger partial charge in [-0.1, -0.05) is 29.3 Å². The molecule has 1 aliphatic carbocycles. The molecule has 7 nitrogen and oxygen atoms in total. The molecule has 2 amide bonds. The Kier molecular flexibility index (Phi) is 5.86. The van der Waals surface area contributed by atoms with Crippen LogP contribution in [0.5, 0.6) is 0 Å². The van der Waals surface area contributed by atoms with Crippen LogP contribution in [0.15, 0.2) is 52.1 Å². The third-order valence-electron chi connectivity index (χ3n) is 5.11. The molecule has 1 aliphatic rings. The normalized spacial score (nSPS) is 14.2. The van der Waals surface area contributed by atoms with Crippen LogP contribution in [0.3, 0.4) is 0 Å². The second-order valence-corrected chi connectivity index (χ2v) is 7.83. The lowest BCUT2D eigenvalue weighted by molar-refractivity contribution is 0.0953. The van der Waals surface area contributed by atoms with Crippen LogP contribution in [-0.2, 0) is 6.42 Å². The van der Waals surface area contributed by atoms with Crippen molar-refractivity contribution in [2.75, 3.05) is 5.32 Å². The summed E-state index contributed by atoms with van der Waals surface area (Å²) in [5.41, 5.74) is 6.40. The zero-order valence-electron chi connectivity index (χ0n) is 17.2. The van der Waals surface area contributed by atoms with Gasteiger partial charge in [-0.3, -0.25) is 9.59 Å². The molecule has 4 rings (SSSR count). The molecule has 0 spiro atoms. The molecular weight excluding hydrogens is 416 g/mol. The van der Waals surface area contributed by atoms with E-state index in [-0.39, 0.29) is 11.7 Å². The zero-order chi connectivity index (χ0) is 22.0. The van der Waals surface area contributed by atoms with E-state index in [1.165, 1.54) is 6.20 Å². The molecule has 3 aromatic rings. The molecule has 158 valence electrons. The average molecular weight is 437 g/mol. The van der Waals surface area contributed by atoms with Gasteiger partial charge in [0.1, 0.15) is 11.6 Å². The fourth-order valence-corrected chi connectivity index (χ4v) is 3.62. The molecule has 1 aromatic carbocycles. The number of aromatic nitrogens is 1. The third-order valence-corrected chi connectivity index (χ3v) is 5.33. The fourth-order valence-electron chi connectivity index (χ4n) is 3.51. The summed E-state index contributed by atoms with van der Waals surface area (Å²) >= 11 is 5.84. The topological polar surface area (TPSA) is 96.6 Å². The lowest BCUT2D eigenvalue weighted by Crippen LogP contribution is -2.22. The molecule has 2 heterocycles. The van der Waals surface area contributed by atoms with Crippen LogP contribution in [0.4, 0.5) is 5.82 Å². The van der Waals surface area contributed by atoms with E-state index in [4.69, 9.17) is 16.0 Å². The summed E-state index contributed by atoms with van der Waals surface area (Å²) < 4.78 is 5.87. The lowest BCUT2D eigenvalue weighted by atomic mass is 9.93. The highest BCUT2D eigenvalue weighted by molar-refractivity contribution is 6.30. The Morgan fingerprint density at radius 2 is 1.84 bits per heavy atom. The van der Waals surface area contributed by atoms with Crippen molar-refractivity contribution in [2.45, 2.75) is 33.1 Å². The predicted octanol–water partition coefficient (Wildman–Crippen LogP) is 4.67. The first-order valence-electron chi connectivity index (χ1n) is 9.91. The standard InChI is InChI=1S/C23H21ClN4O3/c1-13-6-8-15(9-7-13)22(29)28-27-17-4-3-5-18-20(17)14(2)21(31-18)23(30)26-19-11-10-16(24)12-25-19/h6-12H,3-5H2,1-2H3,(H,28,29)(H,25,26,30)/b27-17+. The van der Waals surface area contributed by atoms with Gasteiger partial charge in [-0.15, -0.1) is 0 Å². The first-order valence-corrected chi connectivity index (χ1v) is 10.3. The van der Waals surface area contributed by atoms with Crippen molar-refractivity contribution in [1.82, 2.24) is 10.4 Å². The van der Waals surface area contributed by atoms with E-state index in [0.717, 1.165) is 17.5 Å². The number of rotatable bonds is 4. The number of pyridine rings is 1. The van der Waals surface area contributed by atoms with Crippen LogP contribution in [0.2, 0.25) is 5.02 Å². The third kappa shape index (κ3) is 4.51. The molecule has 0 unspecified atom stereocenters. The average Bonchev–Trinajstić information content (AvgIpc) is 3.11. The number of anilines is 1. The monoisotopic (exact) mass is 436 g/mol. The van der Waals surface area contributed by atoms with Crippen LogP contribution in [0.25, 0.3) is 0 Å². The first kappa shape index (κ1) is 20.8. The van der Waals surface area contributed by atoms with E-state index in [0.29, 0.717) is 46.3 Å². The summed E-state index contributed by atoms with van der Waals surface area (Å²) in [6.07, 6.45) is 3.66. The summed E-state index contributed by atoms with van der Waals surface area (Å²) in [7, 11) is 0. The number of nitrogens with zero attached hydrogens (tertiary/aromatic N) is 2. The van der Waals surface area contributed by atoms with Crippen LogP contribution in [-0.4, -0.2) is 22.5 Å². The summed E-state index contributed by atoms with van der Waals surface area (Å²) in [5.74, 6) is 0.599. The Bertz CT molecular complexity index is 1160. The molecule has 0 atom stereocenters. The second-order valence-electron chi connectivity index (χ2n) is 7.39. The summed E-state index contributed by atoms with van der Waals surface area (Å²) in [6, 6.07) is 10.5. The van der Waals surface area contributed by atoms with Gasteiger partial charge >= 0.3 is 0 Å². The van der Waals surface area contributed by atoms with Crippen molar-refractivity contribution in [3.8, 4) is 0 Å². The molecule has 31 heavy (non-hydrogen) atoms. The number of carbonyl (C=O) groups is 2. The Balaban J connectivity index is 1.55. The van der Waals surface area contributed by atoms with Crippen LogP contribution < -0.4 is 10.7 Å². The SMILES string of the molecule is Cc1ccc(C(=O)N/N=C2\CCCc3oc(C(=O)Nc4ccc(Cl)cn4)c(C)c32)cc1. The molecule has 0 saturated carbocycles. The van der Waals surface area contributed by atoms with Crippen LogP contribution in [0.1, 0.15) is 56.2 Å². The molecular formula is C23H21ClN4O3. The van der Waals surface area contributed by atoms with E-state index in [9.17, 15) is 9.59 Å². The van der Waals surface area contributed by atoms with E-state index in [1.54, 1.807) is 24.3 Å². The van der Waals surface area contributed by atoms with Gasteiger partial charge in [0.15, 0.2) is 5.76 Å². The zero-order valence-corrected chi connectivity index (χ0v) is 17.9. The van der Waals surface area contributed by atoms with Crippen molar-refractivity contribution in [1.29, 1.82) is 0 Å². The molecule has 0 radical (unpaired) electrons. The largest absolute Gasteiger partial charge is 0.455 e. The highest BCUT2D eigenvalue weighted by atomic mass is 35.5. The molecule has 8 heteroatoms. The number of hydrogen-bond donors (Lipinski definition) is 2. The number of benzene rings is 1. The van der Waals surface area contributed by atoms with Gasteiger partial charge in [-0.25, -0.2) is 10.4 Å². The fraction of sp³-hybridized carbons (Fsp3) is 0.217. The van der Waals surface area contributed by atoms with Crippen LogP contribution >= 0.6 is 11.6 Å². The van der Waals surface area contributed by atoms with Crippen molar-refractivity contribution < 1.29 is 14.0 Å². The van der Waals surface area contributed by atoms with Gasteiger partial charge in [-0.2, -0.15) is 5.10 Å². The highest BCUT2D eigenvalue weighted by Crippen LogP contribution is 2.30. The maximum absolute atomic E-state index is 12.7. The summed E-state index contributed by atoms with van der Waals surface area (Å²) in [6.45, 7) is 3.78. The molecule has 0 saturated heterocycles. The maximum Gasteiger partial charge on any atom is 0.292 e. The number of furan rings is 1. The predicted molar refractivity (Wildman–Crippen MR) is 119 cm³/mol. The molecule has 2 N–H and O–H groups in total. The Morgan fingerprint density at radius 1 is 1.06 bits per heavy atom. The van der Waals surface area contributed by atoms with Crippen molar-refractivity contribution in [2.24, 2.45) is 5.10 Å². The van der Waals surface area contributed by atoms with E-state index in [2.05, 4.69) is 20.8 Å². The van der Waals surface area contributed by atoms with Gasteiger partial charge in [0.05, 0.1) is 10.7 Å². The maximum atomic E-state index is 12.7. The second kappa shape index (κ2) is 8.73. The van der Waals surface area contributed by atoms with E-state index >= 15 is 0 Å². The van der Waals surface area contributed by atoms with E-state index < -0.39 is 5.91 Å². The minimum absolute atomic E-state index is 0.209. The quantitative estimate of drug-likeness (QED) is 0.581.